The summed E-state index contributed by atoms with van der Waals surface area (Å²) < 4.78 is 24.8. The Labute approximate surface area is 197 Å². The van der Waals surface area contributed by atoms with E-state index in [1.807, 2.05) is 66.7 Å². The number of nitrogens with one attached hydrogen (secondary N) is 1. The molecule has 0 bridgehead atoms. The number of rotatable bonds is 6. The molecule has 0 unspecified atom stereocenters. The summed E-state index contributed by atoms with van der Waals surface area (Å²) in [4.78, 5) is 18.2. The first-order valence-electron chi connectivity index (χ1n) is 10.6. The third-order valence-electron chi connectivity index (χ3n) is 5.39. The SMILES string of the molecule is CS(=O)(=O)c1ccncc1-c1nc(NCc2ccccn2)c2c(-c3ccccc3)cccc2n1. The Bertz CT molecular complexity index is 1570. The normalized spacial score (nSPS) is 11.4. The number of benzene rings is 2. The van der Waals surface area contributed by atoms with Crippen LogP contribution in [0.1, 0.15) is 5.69 Å². The number of hydrogen-bond donors (Lipinski definition) is 1. The zero-order chi connectivity index (χ0) is 23.5. The van der Waals surface area contributed by atoms with Crippen molar-refractivity contribution in [2.24, 2.45) is 0 Å². The second-order valence-electron chi connectivity index (χ2n) is 7.78. The second kappa shape index (κ2) is 8.99. The number of fused-ring (bicyclic) bond motifs is 1. The van der Waals surface area contributed by atoms with Crippen LogP contribution in [0.4, 0.5) is 5.82 Å². The molecular formula is C26H21N5O2S. The van der Waals surface area contributed by atoms with Gasteiger partial charge < -0.3 is 5.32 Å². The van der Waals surface area contributed by atoms with Crippen LogP contribution in [-0.4, -0.2) is 34.6 Å². The Kier molecular flexibility index (Phi) is 5.73. The van der Waals surface area contributed by atoms with Gasteiger partial charge in [-0.2, -0.15) is 0 Å². The molecule has 0 aliphatic carbocycles. The predicted octanol–water partition coefficient (Wildman–Crippen LogP) is 4.77. The Morgan fingerprint density at radius 1 is 0.824 bits per heavy atom. The maximum Gasteiger partial charge on any atom is 0.176 e. The quantitative estimate of drug-likeness (QED) is 0.384. The first-order valence-corrected chi connectivity index (χ1v) is 12.5. The lowest BCUT2D eigenvalue weighted by Gasteiger charge is -2.15. The molecule has 0 fully saturated rings. The van der Waals surface area contributed by atoms with Gasteiger partial charge in [0, 0.05) is 24.8 Å². The minimum atomic E-state index is -3.50. The van der Waals surface area contributed by atoms with Crippen molar-refractivity contribution in [3.63, 3.8) is 0 Å². The Hall–Kier alpha value is -4.17. The Balaban J connectivity index is 1.73. The molecule has 8 heteroatoms. The molecule has 34 heavy (non-hydrogen) atoms. The van der Waals surface area contributed by atoms with Crippen LogP contribution < -0.4 is 5.32 Å². The van der Waals surface area contributed by atoms with Gasteiger partial charge in [0.2, 0.25) is 0 Å². The highest BCUT2D eigenvalue weighted by Crippen LogP contribution is 2.35. The standard InChI is InChI=1S/C26H21N5O2S/c1-34(32,33)23-13-15-27-17-21(23)25-30-22-12-7-11-20(18-8-3-2-4-9-18)24(22)26(31-25)29-16-19-10-5-6-14-28-19/h2-15,17H,16H2,1H3,(H,29,30,31). The van der Waals surface area contributed by atoms with Crippen molar-refractivity contribution in [1.29, 1.82) is 0 Å². The maximum absolute atomic E-state index is 12.4. The fourth-order valence-electron chi connectivity index (χ4n) is 3.84. The van der Waals surface area contributed by atoms with Crippen LogP contribution in [0.3, 0.4) is 0 Å². The highest BCUT2D eigenvalue weighted by molar-refractivity contribution is 7.90. The molecule has 7 nitrogen and oxygen atoms in total. The van der Waals surface area contributed by atoms with Crippen LogP contribution in [0.15, 0.2) is 96.3 Å². The molecule has 0 amide bonds. The van der Waals surface area contributed by atoms with E-state index in [0.717, 1.165) is 22.2 Å². The zero-order valence-corrected chi connectivity index (χ0v) is 19.2. The molecule has 3 aromatic heterocycles. The van der Waals surface area contributed by atoms with Crippen molar-refractivity contribution < 1.29 is 8.42 Å². The minimum absolute atomic E-state index is 0.136. The van der Waals surface area contributed by atoms with Crippen LogP contribution >= 0.6 is 0 Å². The van der Waals surface area contributed by atoms with Crippen molar-refractivity contribution in [3.8, 4) is 22.5 Å². The fraction of sp³-hybridized carbons (Fsp3) is 0.0769. The van der Waals surface area contributed by atoms with E-state index in [-0.39, 0.29) is 10.7 Å². The summed E-state index contributed by atoms with van der Waals surface area (Å²) in [6.45, 7) is 0.446. The van der Waals surface area contributed by atoms with Crippen molar-refractivity contribution in [2.45, 2.75) is 11.4 Å². The summed E-state index contributed by atoms with van der Waals surface area (Å²) in [5.74, 6) is 0.878. The summed E-state index contributed by atoms with van der Waals surface area (Å²) in [5, 5.41) is 4.24. The number of aromatic nitrogens is 4. The smallest absolute Gasteiger partial charge is 0.176 e. The summed E-state index contributed by atoms with van der Waals surface area (Å²) in [7, 11) is -3.50. The van der Waals surface area contributed by atoms with E-state index in [0.29, 0.717) is 23.4 Å². The molecule has 0 aliphatic heterocycles. The molecule has 3 heterocycles. The van der Waals surface area contributed by atoms with Crippen LogP contribution in [0.5, 0.6) is 0 Å². The topological polar surface area (TPSA) is 97.7 Å². The maximum atomic E-state index is 12.4. The second-order valence-corrected chi connectivity index (χ2v) is 9.76. The summed E-state index contributed by atoms with van der Waals surface area (Å²) >= 11 is 0. The third kappa shape index (κ3) is 4.35. The molecular weight excluding hydrogens is 446 g/mol. The fourth-order valence-corrected chi connectivity index (χ4v) is 4.69. The Morgan fingerprint density at radius 2 is 1.65 bits per heavy atom. The summed E-state index contributed by atoms with van der Waals surface area (Å²) in [6.07, 6.45) is 5.85. The highest BCUT2D eigenvalue weighted by atomic mass is 32.2. The van der Waals surface area contributed by atoms with Gasteiger partial charge in [-0.25, -0.2) is 18.4 Å². The van der Waals surface area contributed by atoms with Gasteiger partial charge in [0.15, 0.2) is 15.7 Å². The van der Waals surface area contributed by atoms with E-state index in [4.69, 9.17) is 9.97 Å². The van der Waals surface area contributed by atoms with Crippen molar-refractivity contribution in [3.05, 3.63) is 97.1 Å². The number of anilines is 1. The van der Waals surface area contributed by atoms with E-state index < -0.39 is 9.84 Å². The largest absolute Gasteiger partial charge is 0.364 e. The van der Waals surface area contributed by atoms with Crippen molar-refractivity contribution in [1.82, 2.24) is 19.9 Å². The molecule has 1 N–H and O–H groups in total. The van der Waals surface area contributed by atoms with Crippen molar-refractivity contribution >= 4 is 26.6 Å². The van der Waals surface area contributed by atoms with Gasteiger partial charge in [0.1, 0.15) is 5.82 Å². The summed E-state index contributed by atoms with van der Waals surface area (Å²) in [5.41, 5.74) is 3.91. The number of hydrogen-bond acceptors (Lipinski definition) is 7. The monoisotopic (exact) mass is 467 g/mol. The molecule has 5 aromatic rings. The molecule has 5 rings (SSSR count). The lowest BCUT2D eigenvalue weighted by atomic mass is 10.0. The number of sulfone groups is 1. The highest BCUT2D eigenvalue weighted by Gasteiger charge is 2.20. The summed E-state index contributed by atoms with van der Waals surface area (Å²) in [6, 6.07) is 23.1. The molecule has 2 aromatic carbocycles. The average Bonchev–Trinajstić information content (AvgIpc) is 2.87. The van der Waals surface area contributed by atoms with E-state index in [2.05, 4.69) is 15.3 Å². The van der Waals surface area contributed by atoms with Gasteiger partial charge in [-0.1, -0.05) is 48.5 Å². The van der Waals surface area contributed by atoms with E-state index >= 15 is 0 Å². The number of pyridine rings is 2. The molecule has 0 radical (unpaired) electrons. The van der Waals surface area contributed by atoms with Crippen LogP contribution in [-0.2, 0) is 16.4 Å². The lowest BCUT2D eigenvalue weighted by molar-refractivity contribution is 0.602. The minimum Gasteiger partial charge on any atom is -0.364 e. The van der Waals surface area contributed by atoms with Gasteiger partial charge in [-0.05, 0) is 35.4 Å². The average molecular weight is 468 g/mol. The third-order valence-corrected chi connectivity index (χ3v) is 6.55. The lowest BCUT2D eigenvalue weighted by Crippen LogP contribution is -2.07. The van der Waals surface area contributed by atoms with Gasteiger partial charge >= 0.3 is 0 Å². The van der Waals surface area contributed by atoms with Crippen LogP contribution in [0.2, 0.25) is 0 Å². The van der Waals surface area contributed by atoms with Gasteiger partial charge in [-0.3, -0.25) is 9.97 Å². The molecule has 0 atom stereocenters. The van der Waals surface area contributed by atoms with Crippen LogP contribution in [0, 0.1) is 0 Å². The van der Waals surface area contributed by atoms with E-state index in [1.54, 1.807) is 6.20 Å². The number of nitrogens with zero attached hydrogens (tertiary/aromatic N) is 4. The van der Waals surface area contributed by atoms with E-state index in [9.17, 15) is 8.42 Å². The molecule has 0 spiro atoms. The first kappa shape index (κ1) is 21.7. The van der Waals surface area contributed by atoms with E-state index in [1.165, 1.54) is 24.7 Å². The van der Waals surface area contributed by atoms with Gasteiger partial charge in [-0.15, -0.1) is 0 Å². The van der Waals surface area contributed by atoms with Gasteiger partial charge in [0.25, 0.3) is 0 Å². The first-order chi connectivity index (χ1) is 16.5. The molecule has 168 valence electrons. The Morgan fingerprint density at radius 3 is 2.41 bits per heavy atom. The van der Waals surface area contributed by atoms with Crippen LogP contribution in [0.25, 0.3) is 33.4 Å². The predicted molar refractivity (Wildman–Crippen MR) is 133 cm³/mol. The zero-order valence-electron chi connectivity index (χ0n) is 18.4. The van der Waals surface area contributed by atoms with Crippen molar-refractivity contribution in [2.75, 3.05) is 11.6 Å². The van der Waals surface area contributed by atoms with Gasteiger partial charge in [0.05, 0.1) is 33.6 Å². The molecule has 0 aliphatic rings. The molecule has 0 saturated carbocycles. The molecule has 0 saturated heterocycles.